The first kappa shape index (κ1) is 14.9. The van der Waals surface area contributed by atoms with Crippen molar-refractivity contribution >= 4 is 11.6 Å². The van der Waals surface area contributed by atoms with Gasteiger partial charge in [0.15, 0.2) is 0 Å². The second-order valence-corrected chi connectivity index (χ2v) is 6.27. The summed E-state index contributed by atoms with van der Waals surface area (Å²) >= 11 is 6.09. The van der Waals surface area contributed by atoms with Crippen LogP contribution in [0.2, 0.25) is 0 Å². The summed E-state index contributed by atoms with van der Waals surface area (Å²) in [6.45, 7) is 6.51. The van der Waals surface area contributed by atoms with Crippen LogP contribution >= 0.6 is 11.6 Å². The van der Waals surface area contributed by atoms with Gasteiger partial charge >= 0.3 is 0 Å². The van der Waals surface area contributed by atoms with E-state index >= 15 is 0 Å². The van der Waals surface area contributed by atoms with Gasteiger partial charge in [-0.25, -0.2) is 0 Å². The summed E-state index contributed by atoms with van der Waals surface area (Å²) < 4.78 is 0. The number of benzene rings is 1. The predicted molar refractivity (Wildman–Crippen MR) is 83.8 cm³/mol. The molecule has 0 aromatic heterocycles. The molecular weight excluding hydrogens is 254 g/mol. The summed E-state index contributed by atoms with van der Waals surface area (Å²) in [5, 5.41) is 3.66. The lowest BCUT2D eigenvalue weighted by molar-refractivity contribution is 0.250. The number of halogens is 1. The molecule has 1 nitrogen and oxygen atoms in total. The van der Waals surface area contributed by atoms with Crippen molar-refractivity contribution in [3.05, 3.63) is 34.9 Å². The van der Waals surface area contributed by atoms with Gasteiger partial charge in [0.2, 0.25) is 0 Å². The van der Waals surface area contributed by atoms with E-state index in [4.69, 9.17) is 11.6 Å². The molecule has 0 bridgehead atoms. The third kappa shape index (κ3) is 3.97. The minimum atomic E-state index is 0.723. The fourth-order valence-corrected chi connectivity index (χ4v) is 3.67. The molecule has 1 N–H and O–H groups in total. The topological polar surface area (TPSA) is 12.0 Å². The molecular formula is C17H26ClN. The zero-order valence-electron chi connectivity index (χ0n) is 12.2. The number of hydrogen-bond donors (Lipinski definition) is 1. The summed E-state index contributed by atoms with van der Waals surface area (Å²) in [4.78, 5) is 0. The predicted octanol–water partition coefficient (Wildman–Crippen LogP) is 4.44. The Hall–Kier alpha value is -0.530. The fourth-order valence-electron chi connectivity index (χ4n) is 3.27. The smallest absolute Gasteiger partial charge is 0.0254 e. The van der Waals surface area contributed by atoms with Gasteiger partial charge in [0.05, 0.1) is 0 Å². The van der Waals surface area contributed by atoms with Crippen molar-refractivity contribution in [3.63, 3.8) is 0 Å². The zero-order valence-corrected chi connectivity index (χ0v) is 13.0. The number of alkyl halides is 1. The van der Waals surface area contributed by atoms with Crippen molar-refractivity contribution in [1.29, 1.82) is 0 Å². The molecule has 1 saturated carbocycles. The monoisotopic (exact) mass is 279 g/mol. The van der Waals surface area contributed by atoms with E-state index in [9.17, 15) is 0 Å². The Morgan fingerprint density at radius 2 is 1.74 bits per heavy atom. The largest absolute Gasteiger partial charge is 0.312 e. The van der Waals surface area contributed by atoms with E-state index in [-0.39, 0.29) is 0 Å². The van der Waals surface area contributed by atoms with E-state index in [1.54, 1.807) is 0 Å². The second kappa shape index (κ2) is 7.31. The molecule has 1 fully saturated rings. The van der Waals surface area contributed by atoms with Crippen LogP contribution in [-0.4, -0.2) is 12.4 Å². The van der Waals surface area contributed by atoms with Gasteiger partial charge in [0, 0.05) is 12.4 Å². The van der Waals surface area contributed by atoms with Gasteiger partial charge in [-0.1, -0.05) is 31.0 Å². The lowest BCUT2D eigenvalue weighted by Gasteiger charge is -2.30. The first-order valence-corrected chi connectivity index (χ1v) is 8.07. The molecule has 1 aromatic rings. The van der Waals surface area contributed by atoms with E-state index in [2.05, 4.69) is 37.4 Å². The number of nitrogens with one attached hydrogen (secondary N) is 1. The van der Waals surface area contributed by atoms with Crippen molar-refractivity contribution in [2.45, 2.75) is 46.1 Å². The number of hydrogen-bond acceptors (Lipinski definition) is 1. The summed E-state index contributed by atoms with van der Waals surface area (Å²) in [6.07, 6.45) is 5.41. The third-order valence-electron chi connectivity index (χ3n) is 4.62. The van der Waals surface area contributed by atoms with E-state index < -0.39 is 0 Å². The molecule has 1 aromatic carbocycles. The van der Waals surface area contributed by atoms with Crippen LogP contribution in [0, 0.1) is 25.7 Å². The molecule has 1 aliphatic rings. The molecule has 2 rings (SSSR count). The van der Waals surface area contributed by atoms with E-state index in [1.165, 1.54) is 42.4 Å². The van der Waals surface area contributed by atoms with Crippen LogP contribution < -0.4 is 5.32 Å². The van der Waals surface area contributed by atoms with Gasteiger partial charge in [-0.15, -0.1) is 11.6 Å². The lowest BCUT2D eigenvalue weighted by Crippen LogP contribution is -2.31. The number of rotatable bonds is 5. The molecule has 2 heteroatoms. The van der Waals surface area contributed by atoms with Gasteiger partial charge in [-0.05, 0) is 61.8 Å². The molecule has 0 saturated heterocycles. The molecule has 106 valence electrons. The zero-order chi connectivity index (χ0) is 13.7. The molecule has 19 heavy (non-hydrogen) atoms. The molecule has 0 spiro atoms. The van der Waals surface area contributed by atoms with Crippen LogP contribution in [0.5, 0.6) is 0 Å². The van der Waals surface area contributed by atoms with Crippen molar-refractivity contribution in [1.82, 2.24) is 5.32 Å². The van der Waals surface area contributed by atoms with Gasteiger partial charge in [0.1, 0.15) is 0 Å². The molecule has 2 atom stereocenters. The minimum absolute atomic E-state index is 0.723. The van der Waals surface area contributed by atoms with Gasteiger partial charge in [-0.3, -0.25) is 0 Å². The Bertz CT molecular complexity index is 382. The Morgan fingerprint density at radius 3 is 2.37 bits per heavy atom. The minimum Gasteiger partial charge on any atom is -0.312 e. The summed E-state index contributed by atoms with van der Waals surface area (Å²) in [5.41, 5.74) is 4.25. The van der Waals surface area contributed by atoms with Gasteiger partial charge in [-0.2, -0.15) is 0 Å². The maximum atomic E-state index is 6.09. The fraction of sp³-hybridized carbons (Fsp3) is 0.647. The van der Waals surface area contributed by atoms with Gasteiger partial charge in [0.25, 0.3) is 0 Å². The van der Waals surface area contributed by atoms with Crippen LogP contribution in [0.4, 0.5) is 0 Å². The number of aryl methyl sites for hydroxylation is 2. The van der Waals surface area contributed by atoms with E-state index in [0.29, 0.717) is 0 Å². The maximum absolute atomic E-state index is 6.09. The molecule has 0 amide bonds. The maximum Gasteiger partial charge on any atom is 0.0254 e. The summed E-state index contributed by atoms with van der Waals surface area (Å²) in [7, 11) is 0. The average molecular weight is 280 g/mol. The lowest BCUT2D eigenvalue weighted by atomic mass is 9.80. The highest BCUT2D eigenvalue weighted by Gasteiger charge is 2.23. The van der Waals surface area contributed by atoms with Crippen molar-refractivity contribution < 1.29 is 0 Å². The van der Waals surface area contributed by atoms with E-state index in [0.717, 1.165) is 30.8 Å². The SMILES string of the molecule is Cc1cccc(C)c1CNCC1CCCCC1CCl. The normalized spacial score (nSPS) is 23.5. The summed E-state index contributed by atoms with van der Waals surface area (Å²) in [5.74, 6) is 2.33. The highest BCUT2D eigenvalue weighted by molar-refractivity contribution is 6.18. The Morgan fingerprint density at radius 1 is 1.11 bits per heavy atom. The summed E-state index contributed by atoms with van der Waals surface area (Å²) in [6, 6.07) is 6.54. The van der Waals surface area contributed by atoms with E-state index in [1.807, 2.05) is 0 Å². The molecule has 2 unspecified atom stereocenters. The molecule has 0 radical (unpaired) electrons. The van der Waals surface area contributed by atoms with Crippen LogP contribution in [0.15, 0.2) is 18.2 Å². The Kier molecular flexibility index (Phi) is 5.72. The van der Waals surface area contributed by atoms with Crippen LogP contribution in [0.25, 0.3) is 0 Å². The third-order valence-corrected chi connectivity index (χ3v) is 5.01. The molecule has 0 heterocycles. The van der Waals surface area contributed by atoms with Crippen LogP contribution in [0.1, 0.15) is 42.4 Å². The first-order chi connectivity index (χ1) is 9.22. The van der Waals surface area contributed by atoms with Crippen LogP contribution in [-0.2, 0) is 6.54 Å². The second-order valence-electron chi connectivity index (χ2n) is 5.96. The highest BCUT2D eigenvalue weighted by Crippen LogP contribution is 2.30. The standard InChI is InChI=1S/C17H26ClN/c1-13-6-5-7-14(2)17(13)12-19-11-16-9-4-3-8-15(16)10-18/h5-7,15-16,19H,3-4,8-12H2,1-2H3. The average Bonchev–Trinajstić information content (AvgIpc) is 2.42. The van der Waals surface area contributed by atoms with Crippen LogP contribution in [0.3, 0.4) is 0 Å². The van der Waals surface area contributed by atoms with Crippen molar-refractivity contribution in [2.75, 3.05) is 12.4 Å². The van der Waals surface area contributed by atoms with Gasteiger partial charge < -0.3 is 5.32 Å². The van der Waals surface area contributed by atoms with Crippen molar-refractivity contribution in [3.8, 4) is 0 Å². The molecule has 1 aliphatic carbocycles. The quantitative estimate of drug-likeness (QED) is 0.786. The van der Waals surface area contributed by atoms with Crippen molar-refractivity contribution in [2.24, 2.45) is 11.8 Å². The Labute approximate surface area is 122 Å². The molecule has 0 aliphatic heterocycles. The highest BCUT2D eigenvalue weighted by atomic mass is 35.5. The first-order valence-electron chi connectivity index (χ1n) is 7.54. The Balaban J connectivity index is 1.86.